The van der Waals surface area contributed by atoms with Gasteiger partial charge in [-0.15, -0.1) is 0 Å². The molecule has 8 heteroatoms. The number of carbonyl (C=O) groups excluding carboxylic acids is 1. The zero-order valence-corrected chi connectivity index (χ0v) is 12.7. The van der Waals surface area contributed by atoms with E-state index in [4.69, 9.17) is 4.74 Å². The van der Waals surface area contributed by atoms with Crippen molar-refractivity contribution in [3.05, 3.63) is 39.4 Å². The van der Waals surface area contributed by atoms with Gasteiger partial charge in [-0.3, -0.25) is 19.7 Å². The van der Waals surface area contributed by atoms with Crippen molar-refractivity contribution in [1.82, 2.24) is 5.32 Å². The van der Waals surface area contributed by atoms with Crippen LogP contribution in [0.25, 0.3) is 0 Å². The second kappa shape index (κ2) is 6.74. The molecule has 1 fully saturated rings. The van der Waals surface area contributed by atoms with E-state index >= 15 is 0 Å². The number of aliphatic carboxylic acids is 1. The third-order valence-corrected chi connectivity index (χ3v) is 4.16. The Morgan fingerprint density at radius 1 is 1.39 bits per heavy atom. The lowest BCUT2D eigenvalue weighted by atomic mass is 9.80. The molecule has 1 heterocycles. The summed E-state index contributed by atoms with van der Waals surface area (Å²) in [6, 6.07) is 4.17. The number of nitro groups is 1. The van der Waals surface area contributed by atoms with Gasteiger partial charge < -0.3 is 15.2 Å². The summed E-state index contributed by atoms with van der Waals surface area (Å²) in [5.41, 5.74) is -0.602. The van der Waals surface area contributed by atoms with Gasteiger partial charge in [-0.05, 0) is 25.8 Å². The third-order valence-electron chi connectivity index (χ3n) is 4.16. The monoisotopic (exact) mass is 322 g/mol. The largest absolute Gasteiger partial charge is 0.481 e. The van der Waals surface area contributed by atoms with Crippen LogP contribution in [0.15, 0.2) is 18.2 Å². The maximum Gasteiger partial charge on any atom is 0.311 e. The number of carboxylic acid groups (broad SMARTS) is 1. The molecule has 0 aromatic heterocycles. The Hall–Kier alpha value is -2.48. The highest BCUT2D eigenvalue weighted by Gasteiger charge is 2.40. The molecule has 124 valence electrons. The van der Waals surface area contributed by atoms with Crippen LogP contribution in [-0.2, 0) is 9.53 Å². The van der Waals surface area contributed by atoms with Crippen molar-refractivity contribution in [2.24, 2.45) is 5.41 Å². The van der Waals surface area contributed by atoms with Crippen LogP contribution < -0.4 is 5.32 Å². The SMILES string of the molecule is Cc1ccc(C(=O)NCC2(C(=O)O)CCOCC2)cc1[N+](=O)[O-]. The van der Waals surface area contributed by atoms with Crippen LogP contribution in [0.5, 0.6) is 0 Å². The van der Waals surface area contributed by atoms with Crippen molar-refractivity contribution in [3.8, 4) is 0 Å². The minimum Gasteiger partial charge on any atom is -0.481 e. The molecular formula is C15H18N2O6. The van der Waals surface area contributed by atoms with Gasteiger partial charge in [0.15, 0.2) is 0 Å². The number of aryl methyl sites for hydroxylation is 1. The third kappa shape index (κ3) is 3.65. The first-order chi connectivity index (χ1) is 10.9. The highest BCUT2D eigenvalue weighted by molar-refractivity contribution is 5.95. The van der Waals surface area contributed by atoms with Crippen LogP contribution in [0, 0.1) is 22.5 Å². The molecule has 1 amide bonds. The fourth-order valence-electron chi connectivity index (χ4n) is 2.53. The van der Waals surface area contributed by atoms with Crippen molar-refractivity contribution in [2.45, 2.75) is 19.8 Å². The Morgan fingerprint density at radius 2 is 2.04 bits per heavy atom. The molecule has 1 aliphatic rings. The van der Waals surface area contributed by atoms with Gasteiger partial charge in [0.25, 0.3) is 11.6 Å². The summed E-state index contributed by atoms with van der Waals surface area (Å²) in [4.78, 5) is 34.1. The highest BCUT2D eigenvalue weighted by atomic mass is 16.6. The van der Waals surface area contributed by atoms with Gasteiger partial charge in [0.1, 0.15) is 0 Å². The Bertz CT molecular complexity index is 637. The number of nitro benzene ring substituents is 1. The van der Waals surface area contributed by atoms with E-state index < -0.39 is 22.2 Å². The van der Waals surface area contributed by atoms with Gasteiger partial charge in [0.2, 0.25) is 0 Å². The molecule has 1 aliphatic heterocycles. The molecule has 0 spiro atoms. The Kier molecular flexibility index (Phi) is 4.95. The van der Waals surface area contributed by atoms with Crippen molar-refractivity contribution in [1.29, 1.82) is 0 Å². The summed E-state index contributed by atoms with van der Waals surface area (Å²) in [7, 11) is 0. The topological polar surface area (TPSA) is 119 Å². The number of hydrogen-bond donors (Lipinski definition) is 2. The van der Waals surface area contributed by atoms with Gasteiger partial charge >= 0.3 is 5.97 Å². The Balaban J connectivity index is 2.11. The van der Waals surface area contributed by atoms with E-state index in [1.807, 2.05) is 0 Å². The van der Waals surface area contributed by atoms with Crippen LogP contribution >= 0.6 is 0 Å². The summed E-state index contributed by atoms with van der Waals surface area (Å²) in [6.45, 7) is 2.21. The van der Waals surface area contributed by atoms with E-state index in [9.17, 15) is 24.8 Å². The van der Waals surface area contributed by atoms with E-state index in [0.717, 1.165) is 0 Å². The minimum atomic E-state index is -1.05. The van der Waals surface area contributed by atoms with E-state index in [0.29, 0.717) is 31.6 Å². The number of rotatable bonds is 5. The molecule has 0 aliphatic carbocycles. The average Bonchev–Trinajstić information content (AvgIpc) is 2.53. The Morgan fingerprint density at radius 3 is 2.61 bits per heavy atom. The molecule has 0 atom stereocenters. The van der Waals surface area contributed by atoms with Gasteiger partial charge in [0, 0.05) is 37.0 Å². The maximum absolute atomic E-state index is 12.2. The highest BCUT2D eigenvalue weighted by Crippen LogP contribution is 2.30. The van der Waals surface area contributed by atoms with Gasteiger partial charge in [0.05, 0.1) is 10.3 Å². The lowest BCUT2D eigenvalue weighted by molar-refractivity contribution is -0.385. The van der Waals surface area contributed by atoms with Gasteiger partial charge in [-0.1, -0.05) is 6.07 Å². The Labute approximate surface area is 132 Å². The van der Waals surface area contributed by atoms with Crippen molar-refractivity contribution in [2.75, 3.05) is 19.8 Å². The van der Waals surface area contributed by atoms with Crippen LogP contribution in [0.4, 0.5) is 5.69 Å². The summed E-state index contributed by atoms with van der Waals surface area (Å²) < 4.78 is 5.17. The van der Waals surface area contributed by atoms with Crippen LogP contribution in [0.2, 0.25) is 0 Å². The second-order valence-corrected chi connectivity index (χ2v) is 5.64. The summed E-state index contributed by atoms with van der Waals surface area (Å²) in [6.07, 6.45) is 0.632. The van der Waals surface area contributed by atoms with E-state index in [1.165, 1.54) is 18.2 Å². The van der Waals surface area contributed by atoms with Crippen LogP contribution in [-0.4, -0.2) is 41.7 Å². The molecule has 0 saturated carbocycles. The molecule has 0 bridgehead atoms. The number of benzene rings is 1. The van der Waals surface area contributed by atoms with E-state index in [2.05, 4.69) is 5.32 Å². The van der Waals surface area contributed by atoms with Crippen molar-refractivity contribution >= 4 is 17.6 Å². The quantitative estimate of drug-likeness (QED) is 0.626. The molecule has 1 aromatic rings. The van der Waals surface area contributed by atoms with Gasteiger partial charge in [-0.25, -0.2) is 0 Å². The standard InChI is InChI=1S/C15H18N2O6/c1-10-2-3-11(8-12(10)17(21)22)13(18)16-9-15(14(19)20)4-6-23-7-5-15/h2-3,8H,4-7,9H2,1H3,(H,16,18)(H,19,20). The van der Waals surface area contributed by atoms with E-state index in [1.54, 1.807) is 6.92 Å². The smallest absolute Gasteiger partial charge is 0.311 e. The number of nitrogens with zero attached hydrogens (tertiary/aromatic N) is 1. The number of amides is 1. The van der Waals surface area contributed by atoms with Crippen LogP contribution in [0.3, 0.4) is 0 Å². The first-order valence-electron chi connectivity index (χ1n) is 7.20. The molecule has 8 nitrogen and oxygen atoms in total. The minimum absolute atomic E-state index is 0.0355. The van der Waals surface area contributed by atoms with E-state index in [-0.39, 0.29) is 17.8 Å². The maximum atomic E-state index is 12.2. The molecule has 2 rings (SSSR count). The molecule has 1 saturated heterocycles. The molecule has 23 heavy (non-hydrogen) atoms. The summed E-state index contributed by atoms with van der Waals surface area (Å²) in [5, 5.41) is 22.9. The predicted molar refractivity (Wildman–Crippen MR) is 80.3 cm³/mol. The summed E-state index contributed by atoms with van der Waals surface area (Å²) >= 11 is 0. The van der Waals surface area contributed by atoms with Crippen molar-refractivity contribution < 1.29 is 24.4 Å². The molecular weight excluding hydrogens is 304 g/mol. The number of ether oxygens (including phenoxy) is 1. The molecule has 0 radical (unpaired) electrons. The average molecular weight is 322 g/mol. The lowest BCUT2D eigenvalue weighted by Crippen LogP contribution is -2.46. The first kappa shape index (κ1) is 16.9. The van der Waals surface area contributed by atoms with Crippen molar-refractivity contribution in [3.63, 3.8) is 0 Å². The normalized spacial score (nSPS) is 16.6. The predicted octanol–water partition coefficient (Wildman–Crippen LogP) is 1.51. The number of hydrogen-bond acceptors (Lipinski definition) is 5. The number of nitrogens with one attached hydrogen (secondary N) is 1. The fourth-order valence-corrected chi connectivity index (χ4v) is 2.53. The zero-order chi connectivity index (χ0) is 17.0. The lowest BCUT2D eigenvalue weighted by Gasteiger charge is -2.33. The molecule has 1 aromatic carbocycles. The zero-order valence-electron chi connectivity index (χ0n) is 12.7. The first-order valence-corrected chi connectivity index (χ1v) is 7.20. The molecule has 0 unspecified atom stereocenters. The van der Waals surface area contributed by atoms with Crippen LogP contribution in [0.1, 0.15) is 28.8 Å². The second-order valence-electron chi connectivity index (χ2n) is 5.64. The summed E-state index contributed by atoms with van der Waals surface area (Å²) in [5.74, 6) is -1.50. The fraction of sp³-hybridized carbons (Fsp3) is 0.467. The van der Waals surface area contributed by atoms with Gasteiger partial charge in [-0.2, -0.15) is 0 Å². The number of carbonyl (C=O) groups is 2. The molecule has 2 N–H and O–H groups in total. The number of carboxylic acids is 1.